The summed E-state index contributed by atoms with van der Waals surface area (Å²) in [4.78, 5) is 13.1. The highest BCUT2D eigenvalue weighted by Gasteiger charge is 2.10. The van der Waals surface area contributed by atoms with E-state index >= 15 is 0 Å². The Morgan fingerprint density at radius 3 is 2.87 bits per heavy atom. The van der Waals surface area contributed by atoms with Gasteiger partial charge in [-0.15, -0.1) is 10.2 Å². The summed E-state index contributed by atoms with van der Waals surface area (Å²) in [6.07, 6.45) is 0. The molecule has 0 unspecified atom stereocenters. The normalized spacial score (nSPS) is 10.1. The lowest BCUT2D eigenvalue weighted by atomic mass is 10.6. The Labute approximate surface area is 92.3 Å². The Bertz CT molecular complexity index is 328. The van der Waals surface area contributed by atoms with Crippen molar-refractivity contribution in [2.45, 2.75) is 6.92 Å². The van der Waals surface area contributed by atoms with Crippen LogP contribution in [0.15, 0.2) is 0 Å². The first-order valence-electron chi connectivity index (χ1n) is 4.44. The molecule has 0 aliphatic rings. The molecule has 2 amide bonds. The molecular formula is C8H14N4O2S. The maximum atomic E-state index is 11.5. The number of methoxy groups -OCH3 is 1. The summed E-state index contributed by atoms with van der Waals surface area (Å²) in [5.74, 6) is 0. The number of carbonyl (C=O) groups is 1. The minimum Gasteiger partial charge on any atom is -0.383 e. The summed E-state index contributed by atoms with van der Waals surface area (Å²) < 4.78 is 4.87. The summed E-state index contributed by atoms with van der Waals surface area (Å²) in [7, 11) is 3.29. The van der Waals surface area contributed by atoms with Crippen LogP contribution in [0, 0.1) is 6.92 Å². The van der Waals surface area contributed by atoms with Gasteiger partial charge in [-0.1, -0.05) is 11.3 Å². The summed E-state index contributed by atoms with van der Waals surface area (Å²) in [6, 6.07) is -0.205. The third-order valence-corrected chi connectivity index (χ3v) is 2.47. The molecule has 0 saturated heterocycles. The van der Waals surface area contributed by atoms with Crippen molar-refractivity contribution in [2.75, 3.05) is 32.6 Å². The first-order valence-corrected chi connectivity index (χ1v) is 5.26. The maximum Gasteiger partial charge on any atom is 0.323 e. The van der Waals surface area contributed by atoms with Gasteiger partial charge in [0.25, 0.3) is 0 Å². The molecule has 0 atom stereocenters. The quantitative estimate of drug-likeness (QED) is 0.836. The number of amides is 2. The van der Waals surface area contributed by atoms with Gasteiger partial charge in [-0.3, -0.25) is 5.32 Å². The van der Waals surface area contributed by atoms with Crippen LogP contribution >= 0.6 is 11.3 Å². The maximum absolute atomic E-state index is 11.5. The fraction of sp³-hybridized carbons (Fsp3) is 0.625. The number of hydrogen-bond acceptors (Lipinski definition) is 5. The molecular weight excluding hydrogens is 216 g/mol. The van der Waals surface area contributed by atoms with E-state index in [1.165, 1.54) is 16.2 Å². The van der Waals surface area contributed by atoms with Crippen molar-refractivity contribution in [3.63, 3.8) is 0 Å². The molecule has 15 heavy (non-hydrogen) atoms. The largest absolute Gasteiger partial charge is 0.383 e. The van der Waals surface area contributed by atoms with Crippen molar-refractivity contribution in [1.29, 1.82) is 0 Å². The Morgan fingerprint density at radius 2 is 2.33 bits per heavy atom. The number of carbonyl (C=O) groups excluding carboxylic acids is 1. The number of likely N-dealkylation sites (N-methyl/N-ethyl adjacent to an activating group) is 1. The summed E-state index contributed by atoms with van der Waals surface area (Å²) in [5, 5.41) is 11.6. The molecule has 0 aromatic carbocycles. The van der Waals surface area contributed by atoms with E-state index in [2.05, 4.69) is 15.5 Å². The number of rotatable bonds is 4. The van der Waals surface area contributed by atoms with Gasteiger partial charge in [0, 0.05) is 20.7 Å². The monoisotopic (exact) mass is 230 g/mol. The average molecular weight is 230 g/mol. The van der Waals surface area contributed by atoms with Crippen molar-refractivity contribution in [1.82, 2.24) is 15.1 Å². The van der Waals surface area contributed by atoms with Crippen LogP contribution in [-0.4, -0.2) is 48.4 Å². The third-order valence-electron chi connectivity index (χ3n) is 1.72. The van der Waals surface area contributed by atoms with Crippen LogP contribution in [0.1, 0.15) is 5.01 Å². The second kappa shape index (κ2) is 5.62. The van der Waals surface area contributed by atoms with Crippen LogP contribution in [-0.2, 0) is 4.74 Å². The molecule has 0 fully saturated rings. The Balaban J connectivity index is 2.41. The molecule has 0 saturated carbocycles. The van der Waals surface area contributed by atoms with Crippen molar-refractivity contribution in [3.8, 4) is 0 Å². The van der Waals surface area contributed by atoms with Crippen LogP contribution < -0.4 is 5.32 Å². The fourth-order valence-electron chi connectivity index (χ4n) is 0.864. The number of aryl methyl sites for hydroxylation is 1. The molecule has 84 valence electrons. The molecule has 1 N–H and O–H groups in total. The topological polar surface area (TPSA) is 67.3 Å². The SMILES string of the molecule is COCCN(C)C(=O)Nc1nnc(C)s1. The van der Waals surface area contributed by atoms with Gasteiger partial charge in [-0.05, 0) is 6.92 Å². The standard InChI is InChI=1S/C8H14N4O2S/c1-6-10-11-7(15-6)9-8(13)12(2)4-5-14-3/h4-5H2,1-3H3,(H,9,11,13). The Morgan fingerprint density at radius 1 is 1.60 bits per heavy atom. The van der Waals surface area contributed by atoms with Gasteiger partial charge in [0.05, 0.1) is 6.61 Å². The number of ether oxygens (including phenoxy) is 1. The smallest absolute Gasteiger partial charge is 0.323 e. The predicted molar refractivity (Wildman–Crippen MR) is 58.2 cm³/mol. The van der Waals surface area contributed by atoms with Gasteiger partial charge in [0.15, 0.2) is 0 Å². The molecule has 1 aromatic heterocycles. The van der Waals surface area contributed by atoms with Crippen LogP contribution in [0.25, 0.3) is 0 Å². The average Bonchev–Trinajstić information content (AvgIpc) is 2.60. The minimum atomic E-state index is -0.205. The van der Waals surface area contributed by atoms with E-state index in [0.29, 0.717) is 18.3 Å². The van der Waals surface area contributed by atoms with Crippen molar-refractivity contribution in [3.05, 3.63) is 5.01 Å². The van der Waals surface area contributed by atoms with Crippen LogP contribution in [0.3, 0.4) is 0 Å². The molecule has 0 radical (unpaired) electrons. The second-order valence-electron chi connectivity index (χ2n) is 2.97. The van der Waals surface area contributed by atoms with Gasteiger partial charge in [-0.2, -0.15) is 0 Å². The number of nitrogens with zero attached hydrogens (tertiary/aromatic N) is 3. The summed E-state index contributed by atoms with van der Waals surface area (Å²) in [5.41, 5.74) is 0. The van der Waals surface area contributed by atoms with E-state index in [-0.39, 0.29) is 6.03 Å². The zero-order valence-electron chi connectivity index (χ0n) is 8.98. The number of nitrogens with one attached hydrogen (secondary N) is 1. The summed E-state index contributed by atoms with van der Waals surface area (Å²) >= 11 is 1.35. The zero-order chi connectivity index (χ0) is 11.3. The molecule has 1 aromatic rings. The fourth-order valence-corrected chi connectivity index (χ4v) is 1.45. The number of aromatic nitrogens is 2. The van der Waals surface area contributed by atoms with E-state index in [4.69, 9.17) is 4.74 Å². The van der Waals surface area contributed by atoms with E-state index in [0.717, 1.165) is 5.01 Å². The number of anilines is 1. The van der Waals surface area contributed by atoms with Gasteiger partial charge in [0.2, 0.25) is 5.13 Å². The molecule has 0 aliphatic carbocycles. The zero-order valence-corrected chi connectivity index (χ0v) is 9.80. The Kier molecular flexibility index (Phi) is 4.44. The van der Waals surface area contributed by atoms with E-state index in [9.17, 15) is 4.79 Å². The minimum absolute atomic E-state index is 0.205. The molecule has 7 heteroatoms. The van der Waals surface area contributed by atoms with Crippen molar-refractivity contribution in [2.24, 2.45) is 0 Å². The highest BCUT2D eigenvalue weighted by molar-refractivity contribution is 7.15. The van der Waals surface area contributed by atoms with Crippen LogP contribution in [0.4, 0.5) is 9.93 Å². The lowest BCUT2D eigenvalue weighted by Crippen LogP contribution is -2.33. The van der Waals surface area contributed by atoms with Gasteiger partial charge < -0.3 is 9.64 Å². The number of urea groups is 1. The van der Waals surface area contributed by atoms with Gasteiger partial charge in [0.1, 0.15) is 5.01 Å². The van der Waals surface area contributed by atoms with Crippen LogP contribution in [0.5, 0.6) is 0 Å². The second-order valence-corrected chi connectivity index (χ2v) is 4.15. The lowest BCUT2D eigenvalue weighted by molar-refractivity contribution is 0.165. The van der Waals surface area contributed by atoms with Crippen molar-refractivity contribution < 1.29 is 9.53 Å². The molecule has 6 nitrogen and oxygen atoms in total. The first-order chi connectivity index (χ1) is 7.13. The van der Waals surface area contributed by atoms with E-state index in [1.54, 1.807) is 14.2 Å². The van der Waals surface area contributed by atoms with Gasteiger partial charge in [-0.25, -0.2) is 4.79 Å². The van der Waals surface area contributed by atoms with Gasteiger partial charge >= 0.3 is 6.03 Å². The molecule has 1 rings (SSSR count). The lowest BCUT2D eigenvalue weighted by Gasteiger charge is -2.15. The molecule has 0 bridgehead atoms. The highest BCUT2D eigenvalue weighted by Crippen LogP contribution is 2.13. The summed E-state index contributed by atoms with van der Waals surface area (Å²) in [6.45, 7) is 2.89. The predicted octanol–water partition coefficient (Wildman–Crippen LogP) is 0.957. The number of hydrogen-bond donors (Lipinski definition) is 1. The van der Waals surface area contributed by atoms with E-state index in [1.807, 2.05) is 6.92 Å². The highest BCUT2D eigenvalue weighted by atomic mass is 32.1. The van der Waals surface area contributed by atoms with E-state index < -0.39 is 0 Å². The molecule has 0 spiro atoms. The first kappa shape index (κ1) is 11.9. The molecule has 0 aliphatic heterocycles. The van der Waals surface area contributed by atoms with Crippen LogP contribution in [0.2, 0.25) is 0 Å². The third kappa shape index (κ3) is 3.80. The molecule has 1 heterocycles. The Hall–Kier alpha value is -1.21. The van der Waals surface area contributed by atoms with Crippen molar-refractivity contribution >= 4 is 22.5 Å².